The number of hydrogen-bond donors (Lipinski definition) is 0. The van der Waals surface area contributed by atoms with Crippen molar-refractivity contribution in [3.8, 4) is 5.75 Å². The number of likely N-dealkylation sites (tertiary alicyclic amines) is 1. The fourth-order valence-corrected chi connectivity index (χ4v) is 5.37. The molecular weight excluding hydrogens is 436 g/mol. The summed E-state index contributed by atoms with van der Waals surface area (Å²) in [5, 5.41) is 0. The Balaban J connectivity index is 1.53. The Hall–Kier alpha value is -2.64. The molecule has 0 spiro atoms. The number of ether oxygens (including phenoxy) is 1. The summed E-state index contributed by atoms with van der Waals surface area (Å²) < 4.78 is 32.7. The second-order valence-electron chi connectivity index (χ2n) is 8.38. The van der Waals surface area contributed by atoms with Crippen LogP contribution in [0.15, 0.2) is 53.4 Å². The second-order valence-corrected chi connectivity index (χ2v) is 10.3. The van der Waals surface area contributed by atoms with Gasteiger partial charge in [0.2, 0.25) is 15.9 Å². The summed E-state index contributed by atoms with van der Waals surface area (Å²) in [6.07, 6.45) is 4.99. The van der Waals surface area contributed by atoms with E-state index in [1.54, 1.807) is 36.4 Å². The van der Waals surface area contributed by atoms with Crippen LogP contribution >= 0.6 is 0 Å². The van der Waals surface area contributed by atoms with Crippen molar-refractivity contribution >= 4 is 22.0 Å². The quantitative estimate of drug-likeness (QED) is 0.536. The molecule has 1 heterocycles. The fourth-order valence-electron chi connectivity index (χ4n) is 3.91. The lowest BCUT2D eigenvalue weighted by Gasteiger charge is -2.31. The number of rotatable bonds is 8. The Morgan fingerprint density at radius 1 is 1.03 bits per heavy atom. The zero-order chi connectivity index (χ0) is 24.0. The summed E-state index contributed by atoms with van der Waals surface area (Å²) in [6, 6.07) is 12.8. The fraction of sp³-hybridized carbons (Fsp3) is 0.423. The maximum atomic E-state index is 12.6. The molecule has 1 aliphatic heterocycles. The van der Waals surface area contributed by atoms with Crippen LogP contribution in [0.2, 0.25) is 0 Å². The molecular formula is C26H34N2O4S. The third-order valence-corrected chi connectivity index (χ3v) is 8.24. The first-order valence-corrected chi connectivity index (χ1v) is 13.0. The number of aryl methyl sites for hydroxylation is 2. The summed E-state index contributed by atoms with van der Waals surface area (Å²) in [5.74, 6) is 0.841. The Morgan fingerprint density at radius 2 is 1.67 bits per heavy atom. The zero-order valence-electron chi connectivity index (χ0n) is 20.0. The second kappa shape index (κ2) is 11.0. The van der Waals surface area contributed by atoms with Crippen molar-refractivity contribution in [3.63, 3.8) is 0 Å². The van der Waals surface area contributed by atoms with E-state index in [1.165, 1.54) is 15.4 Å². The summed E-state index contributed by atoms with van der Waals surface area (Å²) in [4.78, 5) is 14.7. The normalized spacial score (nSPS) is 15.4. The summed E-state index contributed by atoms with van der Waals surface area (Å²) >= 11 is 0. The van der Waals surface area contributed by atoms with Gasteiger partial charge >= 0.3 is 0 Å². The van der Waals surface area contributed by atoms with E-state index in [-0.39, 0.29) is 16.9 Å². The molecule has 1 aliphatic rings. The third kappa shape index (κ3) is 6.24. The smallest absolute Gasteiger partial charge is 0.246 e. The van der Waals surface area contributed by atoms with Gasteiger partial charge in [0.1, 0.15) is 11.9 Å². The van der Waals surface area contributed by atoms with Crippen LogP contribution in [0.25, 0.3) is 6.08 Å². The molecule has 0 atom stereocenters. The van der Waals surface area contributed by atoms with Gasteiger partial charge in [-0.25, -0.2) is 8.42 Å². The monoisotopic (exact) mass is 470 g/mol. The number of amides is 1. The molecule has 0 saturated carbocycles. The Bertz CT molecular complexity index is 1080. The molecule has 2 aromatic rings. The summed E-state index contributed by atoms with van der Waals surface area (Å²) in [5.41, 5.74) is 3.24. The number of carbonyl (C=O) groups is 1. The zero-order valence-corrected chi connectivity index (χ0v) is 20.8. The minimum absolute atomic E-state index is 0.0422. The number of benzene rings is 2. The molecule has 33 heavy (non-hydrogen) atoms. The number of nitrogens with zero attached hydrogens (tertiary/aromatic N) is 2. The van der Waals surface area contributed by atoms with E-state index in [0.29, 0.717) is 26.2 Å². The standard InChI is InChI=1S/C26H34N2O4S/c1-5-28(6-2)33(30,31)25-12-8-22(9-13-25)10-14-26(29)27-17-15-23(16-18-27)32-24-11-7-20(3)21(4)19-24/h7-14,19,23H,5-6,15-18H2,1-4H3/b14-10+. The number of hydrogen-bond acceptors (Lipinski definition) is 4. The first kappa shape index (κ1) is 25.0. The average Bonchev–Trinajstić information content (AvgIpc) is 2.81. The number of piperidine rings is 1. The van der Waals surface area contributed by atoms with Crippen LogP contribution in [-0.2, 0) is 14.8 Å². The van der Waals surface area contributed by atoms with Crippen LogP contribution in [0, 0.1) is 13.8 Å². The lowest BCUT2D eigenvalue weighted by molar-refractivity contribution is -0.127. The van der Waals surface area contributed by atoms with Gasteiger partial charge in [-0.2, -0.15) is 4.31 Å². The number of carbonyl (C=O) groups excluding carboxylic acids is 1. The molecule has 0 radical (unpaired) electrons. The molecule has 0 N–H and O–H groups in total. The largest absolute Gasteiger partial charge is 0.490 e. The molecule has 3 rings (SSSR count). The SMILES string of the molecule is CCN(CC)S(=O)(=O)c1ccc(/C=C/C(=O)N2CCC(Oc3ccc(C)c(C)c3)CC2)cc1. The highest BCUT2D eigenvalue weighted by Gasteiger charge is 2.23. The van der Waals surface area contributed by atoms with Crippen molar-refractivity contribution < 1.29 is 17.9 Å². The van der Waals surface area contributed by atoms with Gasteiger partial charge < -0.3 is 9.64 Å². The molecule has 0 aromatic heterocycles. The van der Waals surface area contributed by atoms with E-state index < -0.39 is 10.0 Å². The van der Waals surface area contributed by atoms with Gasteiger partial charge in [0.15, 0.2) is 0 Å². The van der Waals surface area contributed by atoms with E-state index in [9.17, 15) is 13.2 Å². The van der Waals surface area contributed by atoms with Crippen LogP contribution in [0.1, 0.15) is 43.4 Å². The predicted molar refractivity (Wildman–Crippen MR) is 132 cm³/mol. The van der Waals surface area contributed by atoms with Crippen molar-refractivity contribution in [1.82, 2.24) is 9.21 Å². The van der Waals surface area contributed by atoms with Gasteiger partial charge in [-0.1, -0.05) is 32.0 Å². The lowest BCUT2D eigenvalue weighted by Crippen LogP contribution is -2.41. The Labute approximate surface area is 197 Å². The Kier molecular flexibility index (Phi) is 8.32. The van der Waals surface area contributed by atoms with E-state index >= 15 is 0 Å². The molecule has 178 valence electrons. The molecule has 6 nitrogen and oxygen atoms in total. The molecule has 2 aromatic carbocycles. The average molecular weight is 471 g/mol. The summed E-state index contributed by atoms with van der Waals surface area (Å²) in [7, 11) is -3.48. The van der Waals surface area contributed by atoms with E-state index in [4.69, 9.17) is 4.74 Å². The summed E-state index contributed by atoms with van der Waals surface area (Å²) in [6.45, 7) is 9.97. The van der Waals surface area contributed by atoms with Crippen molar-refractivity contribution in [1.29, 1.82) is 0 Å². The number of sulfonamides is 1. The minimum atomic E-state index is -3.48. The Morgan fingerprint density at radius 3 is 2.24 bits per heavy atom. The van der Waals surface area contributed by atoms with Crippen molar-refractivity contribution in [2.75, 3.05) is 26.2 Å². The van der Waals surface area contributed by atoms with Gasteiger partial charge in [0, 0.05) is 45.1 Å². The predicted octanol–water partition coefficient (Wildman–Crippen LogP) is 4.42. The van der Waals surface area contributed by atoms with Crippen molar-refractivity contribution in [2.45, 2.75) is 51.5 Å². The van der Waals surface area contributed by atoms with E-state index in [1.807, 2.05) is 24.8 Å². The van der Waals surface area contributed by atoms with Gasteiger partial charge in [-0.15, -0.1) is 0 Å². The molecule has 7 heteroatoms. The first-order valence-electron chi connectivity index (χ1n) is 11.6. The highest BCUT2D eigenvalue weighted by molar-refractivity contribution is 7.89. The molecule has 0 unspecified atom stereocenters. The topological polar surface area (TPSA) is 66.9 Å². The van der Waals surface area contributed by atoms with Gasteiger partial charge in [-0.05, 0) is 60.9 Å². The highest BCUT2D eigenvalue weighted by Crippen LogP contribution is 2.22. The van der Waals surface area contributed by atoms with Crippen molar-refractivity contribution in [2.24, 2.45) is 0 Å². The highest BCUT2D eigenvalue weighted by atomic mass is 32.2. The van der Waals surface area contributed by atoms with Crippen LogP contribution in [0.5, 0.6) is 5.75 Å². The maximum absolute atomic E-state index is 12.6. The van der Waals surface area contributed by atoms with Crippen LogP contribution < -0.4 is 4.74 Å². The van der Waals surface area contributed by atoms with Gasteiger partial charge in [-0.3, -0.25) is 4.79 Å². The van der Waals surface area contributed by atoms with Gasteiger partial charge in [0.05, 0.1) is 4.90 Å². The van der Waals surface area contributed by atoms with Crippen LogP contribution in [0.3, 0.4) is 0 Å². The maximum Gasteiger partial charge on any atom is 0.246 e. The molecule has 1 amide bonds. The van der Waals surface area contributed by atoms with E-state index in [2.05, 4.69) is 26.0 Å². The molecule has 0 aliphatic carbocycles. The van der Waals surface area contributed by atoms with Crippen LogP contribution in [-0.4, -0.2) is 55.8 Å². The van der Waals surface area contributed by atoms with E-state index in [0.717, 1.165) is 24.2 Å². The lowest BCUT2D eigenvalue weighted by atomic mass is 10.1. The molecule has 1 saturated heterocycles. The third-order valence-electron chi connectivity index (χ3n) is 6.18. The molecule has 1 fully saturated rings. The molecule has 0 bridgehead atoms. The van der Waals surface area contributed by atoms with Crippen LogP contribution in [0.4, 0.5) is 0 Å². The first-order chi connectivity index (χ1) is 15.7. The minimum Gasteiger partial charge on any atom is -0.490 e. The van der Waals surface area contributed by atoms with Gasteiger partial charge in [0.25, 0.3) is 0 Å². The van der Waals surface area contributed by atoms with Crippen molar-refractivity contribution in [3.05, 3.63) is 65.2 Å².